The van der Waals surface area contributed by atoms with E-state index in [2.05, 4.69) is 89.7 Å². The lowest BCUT2D eigenvalue weighted by atomic mass is 9.90. The molecule has 2 heteroatoms. The van der Waals surface area contributed by atoms with E-state index in [-0.39, 0.29) is 0 Å². The van der Waals surface area contributed by atoms with Crippen molar-refractivity contribution in [3.8, 4) is 0 Å². The van der Waals surface area contributed by atoms with Crippen molar-refractivity contribution in [2.24, 2.45) is 0 Å². The lowest BCUT2D eigenvalue weighted by Crippen LogP contribution is -2.46. The summed E-state index contributed by atoms with van der Waals surface area (Å²) in [5.74, 6) is 0. The Morgan fingerprint density at radius 2 is 0.860 bits per heavy atom. The Bertz CT molecular complexity index is 1330. The van der Waals surface area contributed by atoms with Gasteiger partial charge in [0.1, 0.15) is 0 Å². The summed E-state index contributed by atoms with van der Waals surface area (Å²) in [5.41, 5.74) is 1.53. The normalized spacial score (nSPS) is 12.8. The number of aryl methyl sites for hydroxylation is 1. The summed E-state index contributed by atoms with van der Waals surface area (Å²) >= 11 is 0. The van der Waals surface area contributed by atoms with Gasteiger partial charge in [0.05, 0.1) is 54.4 Å². The largest absolute Gasteiger partial charge is 0.328 e. The third-order valence-electron chi connectivity index (χ3n) is 10.2. The van der Waals surface area contributed by atoms with Gasteiger partial charge in [0, 0.05) is 6.42 Å². The Morgan fingerprint density at radius 1 is 0.419 bits per heavy atom. The number of quaternary nitrogens is 2. The molecule has 236 valence electrons. The van der Waals surface area contributed by atoms with Gasteiger partial charge in [-0.2, -0.15) is 0 Å². The van der Waals surface area contributed by atoms with Crippen molar-refractivity contribution in [3.05, 3.63) is 60.2 Å². The second-order valence-corrected chi connectivity index (χ2v) is 15.0. The molecular formula is C41H64N2+2. The fraction of sp³-hybridized carbons (Fsp3) is 0.610. The third kappa shape index (κ3) is 10.5. The average Bonchev–Trinajstić information content (AvgIpc) is 2.99. The van der Waals surface area contributed by atoms with Crippen LogP contribution in [0.4, 0.5) is 0 Å². The van der Waals surface area contributed by atoms with Crippen LogP contribution in [0, 0.1) is 0 Å². The molecule has 4 aromatic carbocycles. The van der Waals surface area contributed by atoms with Crippen molar-refractivity contribution in [2.45, 2.75) is 110 Å². The lowest BCUT2D eigenvalue weighted by molar-refractivity contribution is -0.909. The molecule has 0 atom stereocenters. The average molecular weight is 585 g/mol. The molecule has 0 radical (unpaired) electrons. The maximum Gasteiger partial charge on any atom is 0.0836 e. The van der Waals surface area contributed by atoms with Crippen molar-refractivity contribution in [3.63, 3.8) is 0 Å². The Balaban J connectivity index is 1.08. The summed E-state index contributed by atoms with van der Waals surface area (Å²) < 4.78 is 2.37. The monoisotopic (exact) mass is 585 g/mol. The van der Waals surface area contributed by atoms with E-state index in [1.165, 1.54) is 176 Å². The molecule has 0 bridgehead atoms. The number of hydrogen-bond donors (Lipinski definition) is 0. The minimum Gasteiger partial charge on any atom is -0.328 e. The fourth-order valence-electron chi connectivity index (χ4n) is 7.40. The molecule has 0 spiro atoms. The predicted octanol–water partition coefficient (Wildman–Crippen LogP) is 11.2. The zero-order chi connectivity index (χ0) is 30.5. The third-order valence-corrected chi connectivity index (χ3v) is 10.2. The van der Waals surface area contributed by atoms with Gasteiger partial charge in [0.2, 0.25) is 0 Å². The zero-order valence-corrected chi connectivity index (χ0v) is 28.7. The van der Waals surface area contributed by atoms with Gasteiger partial charge in [0.15, 0.2) is 0 Å². The van der Waals surface area contributed by atoms with Crippen molar-refractivity contribution in [2.75, 3.05) is 54.4 Å². The van der Waals surface area contributed by atoms with Crippen LogP contribution in [0.1, 0.15) is 109 Å². The molecule has 4 aromatic rings. The number of benzene rings is 4. The molecule has 0 aromatic heterocycles. The Morgan fingerprint density at radius 3 is 1.44 bits per heavy atom. The first kappa shape index (κ1) is 33.7. The highest BCUT2D eigenvalue weighted by atomic mass is 15.3. The smallest absolute Gasteiger partial charge is 0.0836 e. The van der Waals surface area contributed by atoms with Crippen molar-refractivity contribution in [1.82, 2.24) is 0 Å². The molecule has 43 heavy (non-hydrogen) atoms. The van der Waals surface area contributed by atoms with Crippen LogP contribution in [0.2, 0.25) is 0 Å². The van der Waals surface area contributed by atoms with E-state index in [0.717, 1.165) is 0 Å². The summed E-state index contributed by atoms with van der Waals surface area (Å²) in [5, 5.41) is 8.49. The molecule has 0 N–H and O–H groups in total. The topological polar surface area (TPSA) is 0 Å². The zero-order valence-electron chi connectivity index (χ0n) is 28.7. The first-order valence-electron chi connectivity index (χ1n) is 18.1. The molecule has 0 fully saturated rings. The molecule has 0 saturated heterocycles. The number of rotatable bonds is 22. The predicted molar refractivity (Wildman–Crippen MR) is 192 cm³/mol. The Hall–Kier alpha value is -2.16. The van der Waals surface area contributed by atoms with Gasteiger partial charge < -0.3 is 8.97 Å². The van der Waals surface area contributed by atoms with Crippen LogP contribution < -0.4 is 0 Å². The summed E-state index contributed by atoms with van der Waals surface area (Å²) in [6.07, 6.45) is 22.2. The summed E-state index contributed by atoms with van der Waals surface area (Å²) in [6, 6.07) is 20.7. The fourth-order valence-corrected chi connectivity index (χ4v) is 7.40. The minimum atomic E-state index is 1.17. The van der Waals surface area contributed by atoms with E-state index in [4.69, 9.17) is 0 Å². The van der Waals surface area contributed by atoms with Gasteiger partial charge in [-0.1, -0.05) is 119 Å². The van der Waals surface area contributed by atoms with Crippen LogP contribution in [0.25, 0.3) is 32.3 Å². The summed E-state index contributed by atoms with van der Waals surface area (Å²) in [6.45, 7) is 7.58. The van der Waals surface area contributed by atoms with E-state index < -0.39 is 0 Å². The highest BCUT2D eigenvalue weighted by molar-refractivity contribution is 6.23. The standard InChI is InChI=1S/C41H64N2/c1-6-7-8-9-10-11-12-13-15-18-31-42(2,3)33-21-34-43(4,5)32-19-16-14-17-22-35-25-26-38-28-27-36-23-20-24-37-29-30-39(35)41(38)40(36)37/h20,23-30H,6-19,21-22,31-34H2,1-5H3/q+2. The van der Waals surface area contributed by atoms with E-state index in [0.29, 0.717) is 0 Å². The SMILES string of the molecule is CCCCCCCCCCCC[N+](C)(C)CCC[N+](C)(C)CCCCCCc1ccc2ccc3cccc4ccc1c2c34. The molecule has 0 unspecified atom stereocenters. The second kappa shape index (κ2) is 16.8. The van der Waals surface area contributed by atoms with Gasteiger partial charge in [-0.25, -0.2) is 0 Å². The van der Waals surface area contributed by atoms with Crippen LogP contribution in [0.3, 0.4) is 0 Å². The van der Waals surface area contributed by atoms with E-state index in [1.54, 1.807) is 0 Å². The molecule has 0 heterocycles. The lowest BCUT2D eigenvalue weighted by Gasteiger charge is -2.33. The first-order chi connectivity index (χ1) is 20.8. The van der Waals surface area contributed by atoms with E-state index >= 15 is 0 Å². The highest BCUT2D eigenvalue weighted by Crippen LogP contribution is 2.36. The van der Waals surface area contributed by atoms with E-state index in [1.807, 2.05) is 0 Å². The van der Waals surface area contributed by atoms with Crippen LogP contribution >= 0.6 is 0 Å². The highest BCUT2D eigenvalue weighted by Gasteiger charge is 2.19. The molecular weight excluding hydrogens is 520 g/mol. The van der Waals surface area contributed by atoms with Crippen molar-refractivity contribution < 1.29 is 8.97 Å². The van der Waals surface area contributed by atoms with Gasteiger partial charge >= 0.3 is 0 Å². The molecule has 0 saturated carbocycles. The molecule has 0 aliphatic carbocycles. The number of hydrogen-bond acceptors (Lipinski definition) is 0. The maximum atomic E-state index is 2.45. The van der Waals surface area contributed by atoms with Crippen LogP contribution in [0.5, 0.6) is 0 Å². The van der Waals surface area contributed by atoms with Crippen LogP contribution in [-0.4, -0.2) is 63.3 Å². The molecule has 4 rings (SSSR count). The molecule has 2 nitrogen and oxygen atoms in total. The van der Waals surface area contributed by atoms with Gasteiger partial charge in [-0.05, 0) is 76.4 Å². The van der Waals surface area contributed by atoms with Crippen molar-refractivity contribution >= 4 is 32.3 Å². The summed E-state index contributed by atoms with van der Waals surface area (Å²) in [7, 11) is 9.81. The number of nitrogens with zero attached hydrogens (tertiary/aromatic N) is 2. The van der Waals surface area contributed by atoms with Gasteiger partial charge in [-0.3, -0.25) is 0 Å². The minimum absolute atomic E-state index is 1.17. The maximum absolute atomic E-state index is 2.45. The molecule has 0 aliphatic heterocycles. The van der Waals surface area contributed by atoms with Crippen molar-refractivity contribution in [1.29, 1.82) is 0 Å². The van der Waals surface area contributed by atoms with Crippen LogP contribution in [0.15, 0.2) is 54.6 Å². The Labute approximate surface area is 265 Å². The Kier molecular flexibility index (Phi) is 13.2. The second-order valence-electron chi connectivity index (χ2n) is 15.0. The van der Waals surface area contributed by atoms with Gasteiger partial charge in [0.25, 0.3) is 0 Å². The van der Waals surface area contributed by atoms with Gasteiger partial charge in [-0.15, -0.1) is 0 Å². The quantitative estimate of drug-likeness (QED) is 0.0489. The summed E-state index contributed by atoms with van der Waals surface area (Å²) in [4.78, 5) is 0. The molecule has 0 amide bonds. The number of unbranched alkanes of at least 4 members (excludes halogenated alkanes) is 12. The van der Waals surface area contributed by atoms with Crippen LogP contribution in [-0.2, 0) is 6.42 Å². The molecule has 0 aliphatic rings. The van der Waals surface area contributed by atoms with E-state index in [9.17, 15) is 0 Å². The first-order valence-corrected chi connectivity index (χ1v) is 18.1.